The molecule has 0 saturated carbocycles. The van der Waals surface area contributed by atoms with Crippen molar-refractivity contribution in [2.45, 2.75) is 13.3 Å². The summed E-state index contributed by atoms with van der Waals surface area (Å²) >= 11 is 0. The van der Waals surface area contributed by atoms with Crippen LogP contribution in [-0.4, -0.2) is 54.3 Å². The van der Waals surface area contributed by atoms with Gasteiger partial charge in [-0.3, -0.25) is 14.5 Å². The van der Waals surface area contributed by atoms with E-state index in [1.807, 2.05) is 78.6 Å². The van der Waals surface area contributed by atoms with Crippen LogP contribution in [0.15, 0.2) is 66.7 Å². The fourth-order valence-electron chi connectivity index (χ4n) is 3.87. The molecule has 1 aliphatic heterocycles. The highest BCUT2D eigenvalue weighted by atomic mass is 16.2. The average Bonchev–Trinajstić information content (AvgIpc) is 2.76. The molecule has 1 saturated heterocycles. The van der Waals surface area contributed by atoms with E-state index in [1.165, 1.54) is 5.56 Å². The number of aryl methyl sites for hydroxylation is 1. The lowest BCUT2D eigenvalue weighted by atomic mass is 10.1. The van der Waals surface area contributed by atoms with Crippen LogP contribution in [0.1, 0.15) is 11.1 Å². The number of piperazine rings is 1. The number of nitrogens with one attached hydrogen (secondary N) is 1. The number of carbonyl (C=O) groups excluding carboxylic acids is 2. The zero-order valence-corrected chi connectivity index (χ0v) is 17.3. The van der Waals surface area contributed by atoms with Crippen LogP contribution >= 0.6 is 0 Å². The minimum atomic E-state index is -0.0224. The fraction of sp³-hybridized carbons (Fsp3) is 0.280. The van der Waals surface area contributed by atoms with E-state index in [2.05, 4.69) is 10.2 Å². The average molecular weight is 402 g/mol. The Kier molecular flexibility index (Phi) is 6.10. The summed E-state index contributed by atoms with van der Waals surface area (Å²) in [4.78, 5) is 29.2. The Balaban J connectivity index is 1.27. The van der Waals surface area contributed by atoms with Gasteiger partial charge in [0.1, 0.15) is 0 Å². The Bertz CT molecular complexity index is 1030. The van der Waals surface area contributed by atoms with Gasteiger partial charge < -0.3 is 10.2 Å². The van der Waals surface area contributed by atoms with Gasteiger partial charge in [0.05, 0.1) is 13.0 Å². The van der Waals surface area contributed by atoms with E-state index < -0.39 is 0 Å². The van der Waals surface area contributed by atoms with Crippen LogP contribution in [0.3, 0.4) is 0 Å². The lowest BCUT2D eigenvalue weighted by molar-refractivity contribution is -0.132. The first-order valence-electron chi connectivity index (χ1n) is 10.4. The molecule has 3 aromatic carbocycles. The maximum Gasteiger partial charge on any atom is 0.238 e. The van der Waals surface area contributed by atoms with E-state index in [-0.39, 0.29) is 11.8 Å². The number of hydrogen-bond donors (Lipinski definition) is 1. The maximum atomic E-state index is 12.6. The highest BCUT2D eigenvalue weighted by Crippen LogP contribution is 2.22. The van der Waals surface area contributed by atoms with E-state index in [1.54, 1.807) is 0 Å². The molecule has 3 aromatic rings. The summed E-state index contributed by atoms with van der Waals surface area (Å²) < 4.78 is 0. The summed E-state index contributed by atoms with van der Waals surface area (Å²) in [6.07, 6.45) is 0.432. The van der Waals surface area contributed by atoms with Crippen molar-refractivity contribution in [1.82, 2.24) is 9.80 Å². The number of anilines is 1. The molecule has 2 amide bonds. The predicted molar refractivity (Wildman–Crippen MR) is 120 cm³/mol. The third-order valence-electron chi connectivity index (χ3n) is 5.63. The van der Waals surface area contributed by atoms with E-state index in [4.69, 9.17) is 0 Å². The van der Waals surface area contributed by atoms with Gasteiger partial charge in [-0.1, -0.05) is 66.2 Å². The van der Waals surface area contributed by atoms with Gasteiger partial charge in [0.25, 0.3) is 0 Å². The van der Waals surface area contributed by atoms with Crippen molar-refractivity contribution in [3.05, 3.63) is 77.9 Å². The van der Waals surface area contributed by atoms with E-state index in [9.17, 15) is 9.59 Å². The van der Waals surface area contributed by atoms with Crippen molar-refractivity contribution < 1.29 is 9.59 Å². The Morgan fingerprint density at radius 1 is 0.867 bits per heavy atom. The molecule has 0 bridgehead atoms. The molecule has 1 N–H and O–H groups in total. The van der Waals surface area contributed by atoms with Gasteiger partial charge in [-0.25, -0.2) is 0 Å². The molecular formula is C25H27N3O2. The second-order valence-corrected chi connectivity index (χ2v) is 7.89. The van der Waals surface area contributed by atoms with Gasteiger partial charge in [0, 0.05) is 37.3 Å². The van der Waals surface area contributed by atoms with Gasteiger partial charge in [-0.05, 0) is 23.9 Å². The quantitative estimate of drug-likeness (QED) is 0.712. The first kappa shape index (κ1) is 20.1. The van der Waals surface area contributed by atoms with Crippen molar-refractivity contribution in [2.75, 3.05) is 38.0 Å². The first-order valence-corrected chi connectivity index (χ1v) is 10.4. The third-order valence-corrected chi connectivity index (χ3v) is 5.63. The molecule has 154 valence electrons. The lowest BCUT2D eigenvalue weighted by Crippen LogP contribution is -2.50. The molecule has 5 nitrogen and oxygen atoms in total. The number of rotatable bonds is 5. The normalized spacial score (nSPS) is 14.6. The molecule has 0 aliphatic carbocycles. The number of hydrogen-bond acceptors (Lipinski definition) is 3. The summed E-state index contributed by atoms with van der Waals surface area (Å²) in [6, 6.07) is 22.1. The molecule has 0 spiro atoms. The van der Waals surface area contributed by atoms with E-state index in [0.717, 1.165) is 22.0 Å². The Morgan fingerprint density at radius 3 is 2.33 bits per heavy atom. The minimum Gasteiger partial charge on any atom is -0.340 e. The van der Waals surface area contributed by atoms with Gasteiger partial charge in [0.15, 0.2) is 0 Å². The molecule has 1 heterocycles. The molecule has 0 unspecified atom stereocenters. The number of amides is 2. The van der Waals surface area contributed by atoms with Crippen molar-refractivity contribution in [1.29, 1.82) is 0 Å². The Hall–Kier alpha value is -3.18. The number of benzene rings is 3. The summed E-state index contributed by atoms with van der Waals surface area (Å²) in [7, 11) is 0. The highest BCUT2D eigenvalue weighted by Gasteiger charge is 2.22. The molecule has 5 heteroatoms. The van der Waals surface area contributed by atoms with Crippen molar-refractivity contribution in [2.24, 2.45) is 0 Å². The van der Waals surface area contributed by atoms with Crippen LogP contribution in [0.2, 0.25) is 0 Å². The molecular weight excluding hydrogens is 374 g/mol. The summed E-state index contributed by atoms with van der Waals surface area (Å²) in [5.41, 5.74) is 3.08. The largest absolute Gasteiger partial charge is 0.340 e. The van der Waals surface area contributed by atoms with E-state index >= 15 is 0 Å². The SMILES string of the molecule is Cc1ccc(CC(=O)N2CCN(CC(=O)Nc3cccc4ccccc34)CC2)cc1. The van der Waals surface area contributed by atoms with Gasteiger partial charge in [0.2, 0.25) is 11.8 Å². The standard InChI is InChI=1S/C25H27N3O2/c1-19-9-11-20(12-10-19)17-25(30)28-15-13-27(14-16-28)18-24(29)26-23-8-4-6-21-5-2-3-7-22(21)23/h2-12H,13-18H2,1H3,(H,26,29). The fourth-order valence-corrected chi connectivity index (χ4v) is 3.87. The van der Waals surface area contributed by atoms with Crippen LogP contribution in [0, 0.1) is 6.92 Å². The Morgan fingerprint density at radius 2 is 1.57 bits per heavy atom. The first-order chi connectivity index (χ1) is 14.6. The number of fused-ring (bicyclic) bond motifs is 1. The predicted octanol–water partition coefficient (Wildman–Crippen LogP) is 3.47. The number of carbonyl (C=O) groups is 2. The van der Waals surface area contributed by atoms with E-state index in [0.29, 0.717) is 39.1 Å². The second kappa shape index (κ2) is 9.09. The lowest BCUT2D eigenvalue weighted by Gasteiger charge is -2.34. The number of nitrogens with zero attached hydrogens (tertiary/aromatic N) is 2. The van der Waals surface area contributed by atoms with Crippen LogP contribution in [0.5, 0.6) is 0 Å². The molecule has 0 atom stereocenters. The van der Waals surface area contributed by atoms with Gasteiger partial charge in [-0.2, -0.15) is 0 Å². The monoisotopic (exact) mass is 401 g/mol. The molecule has 0 aromatic heterocycles. The van der Waals surface area contributed by atoms with Gasteiger partial charge in [-0.15, -0.1) is 0 Å². The topological polar surface area (TPSA) is 52.7 Å². The summed E-state index contributed by atoms with van der Waals surface area (Å²) in [5, 5.41) is 5.19. The maximum absolute atomic E-state index is 12.6. The van der Waals surface area contributed by atoms with Crippen molar-refractivity contribution in [3.63, 3.8) is 0 Å². The smallest absolute Gasteiger partial charge is 0.238 e. The van der Waals surface area contributed by atoms with Crippen molar-refractivity contribution in [3.8, 4) is 0 Å². The summed E-state index contributed by atoms with van der Waals surface area (Å²) in [6.45, 7) is 5.12. The molecule has 1 aliphatic rings. The molecule has 30 heavy (non-hydrogen) atoms. The van der Waals surface area contributed by atoms with Crippen LogP contribution in [-0.2, 0) is 16.0 Å². The van der Waals surface area contributed by atoms with Gasteiger partial charge >= 0.3 is 0 Å². The Labute approximate surface area is 177 Å². The van der Waals surface area contributed by atoms with Crippen LogP contribution < -0.4 is 5.32 Å². The zero-order chi connectivity index (χ0) is 20.9. The van der Waals surface area contributed by atoms with Crippen molar-refractivity contribution >= 4 is 28.3 Å². The second-order valence-electron chi connectivity index (χ2n) is 7.89. The van der Waals surface area contributed by atoms with Crippen LogP contribution in [0.4, 0.5) is 5.69 Å². The summed E-state index contributed by atoms with van der Waals surface area (Å²) in [5.74, 6) is 0.129. The highest BCUT2D eigenvalue weighted by molar-refractivity contribution is 6.02. The molecule has 0 radical (unpaired) electrons. The zero-order valence-electron chi connectivity index (χ0n) is 17.3. The molecule has 1 fully saturated rings. The third kappa shape index (κ3) is 4.86. The molecule has 4 rings (SSSR count). The minimum absolute atomic E-state index is 0.0224. The van der Waals surface area contributed by atoms with Crippen LogP contribution in [0.25, 0.3) is 10.8 Å².